The summed E-state index contributed by atoms with van der Waals surface area (Å²) in [5, 5.41) is 4.29. The highest BCUT2D eigenvalue weighted by Crippen LogP contribution is 2.25. The molecule has 20 heavy (non-hydrogen) atoms. The highest BCUT2D eigenvalue weighted by atomic mass is 35.5. The smallest absolute Gasteiger partial charge is 0.123 e. The first-order valence-electron chi connectivity index (χ1n) is 7.64. The molecule has 1 N–H and O–H groups in total. The molecule has 2 fully saturated rings. The van der Waals surface area contributed by atoms with E-state index in [4.69, 9.17) is 11.6 Å². The molecule has 1 heterocycles. The standard InChI is InChI=1S/C16H22ClFN2/c17-16-7-4-13(18)9-12(16)11-20-8-2-1-3-15(20)10-19-14-5-6-14/h4,7,9,14-15,19H,1-3,5-6,8,10-11H2. The number of hydrogen-bond donors (Lipinski definition) is 1. The van der Waals surface area contributed by atoms with Crippen molar-refractivity contribution in [2.24, 2.45) is 0 Å². The van der Waals surface area contributed by atoms with Gasteiger partial charge in [0.05, 0.1) is 0 Å². The summed E-state index contributed by atoms with van der Waals surface area (Å²) < 4.78 is 13.4. The highest BCUT2D eigenvalue weighted by Gasteiger charge is 2.26. The van der Waals surface area contributed by atoms with E-state index in [1.807, 2.05) is 0 Å². The Hall–Kier alpha value is -0.640. The Labute approximate surface area is 125 Å². The Morgan fingerprint density at radius 1 is 1.25 bits per heavy atom. The number of rotatable bonds is 5. The molecule has 3 rings (SSSR count). The quantitative estimate of drug-likeness (QED) is 0.893. The summed E-state index contributed by atoms with van der Waals surface area (Å²) in [4.78, 5) is 2.46. The van der Waals surface area contributed by atoms with E-state index in [9.17, 15) is 4.39 Å². The van der Waals surface area contributed by atoms with Gasteiger partial charge in [-0.25, -0.2) is 4.39 Å². The van der Waals surface area contributed by atoms with E-state index in [1.54, 1.807) is 12.1 Å². The predicted molar refractivity (Wildman–Crippen MR) is 80.5 cm³/mol. The van der Waals surface area contributed by atoms with Gasteiger partial charge in [-0.05, 0) is 56.0 Å². The lowest BCUT2D eigenvalue weighted by Gasteiger charge is -2.36. The van der Waals surface area contributed by atoms with Gasteiger partial charge in [-0.2, -0.15) is 0 Å². The largest absolute Gasteiger partial charge is 0.312 e. The second-order valence-corrected chi connectivity index (χ2v) is 6.45. The summed E-state index contributed by atoms with van der Waals surface area (Å²) in [5.41, 5.74) is 0.907. The first kappa shape index (κ1) is 14.3. The zero-order valence-corrected chi connectivity index (χ0v) is 12.5. The molecular formula is C16H22ClFN2. The minimum Gasteiger partial charge on any atom is -0.312 e. The predicted octanol–water partition coefficient (Wildman–Crippen LogP) is 3.59. The maximum atomic E-state index is 13.4. The number of benzene rings is 1. The molecule has 2 aliphatic rings. The van der Waals surface area contributed by atoms with E-state index in [-0.39, 0.29) is 5.82 Å². The maximum Gasteiger partial charge on any atom is 0.123 e. The molecular weight excluding hydrogens is 275 g/mol. The van der Waals surface area contributed by atoms with E-state index in [1.165, 1.54) is 38.2 Å². The van der Waals surface area contributed by atoms with Gasteiger partial charge < -0.3 is 5.32 Å². The normalized spacial score (nSPS) is 24.0. The fourth-order valence-corrected chi connectivity index (χ4v) is 3.15. The molecule has 4 heteroatoms. The molecule has 1 saturated heterocycles. The Bertz CT molecular complexity index is 462. The second kappa shape index (κ2) is 6.42. The molecule has 1 aromatic carbocycles. The fourth-order valence-electron chi connectivity index (χ4n) is 2.97. The number of piperidine rings is 1. The zero-order valence-electron chi connectivity index (χ0n) is 11.7. The Kier molecular flexibility index (Phi) is 4.59. The number of halogens is 2. The first-order chi connectivity index (χ1) is 9.72. The van der Waals surface area contributed by atoms with E-state index in [0.29, 0.717) is 11.1 Å². The van der Waals surface area contributed by atoms with E-state index in [2.05, 4.69) is 10.2 Å². The van der Waals surface area contributed by atoms with Crippen LogP contribution in [0.4, 0.5) is 4.39 Å². The van der Waals surface area contributed by atoms with E-state index in [0.717, 1.165) is 31.2 Å². The van der Waals surface area contributed by atoms with Crippen LogP contribution in [0.15, 0.2) is 18.2 Å². The van der Waals surface area contributed by atoms with Crippen molar-refractivity contribution >= 4 is 11.6 Å². The molecule has 1 unspecified atom stereocenters. The van der Waals surface area contributed by atoms with Crippen molar-refractivity contribution in [3.63, 3.8) is 0 Å². The van der Waals surface area contributed by atoms with Gasteiger partial charge in [0.1, 0.15) is 5.82 Å². The summed E-state index contributed by atoms with van der Waals surface area (Å²) in [7, 11) is 0. The van der Waals surface area contributed by atoms with Crippen LogP contribution >= 0.6 is 11.6 Å². The Balaban J connectivity index is 1.64. The number of hydrogen-bond acceptors (Lipinski definition) is 2. The van der Waals surface area contributed by atoms with Crippen molar-refractivity contribution in [2.75, 3.05) is 13.1 Å². The lowest BCUT2D eigenvalue weighted by molar-refractivity contribution is 0.137. The third-order valence-electron chi connectivity index (χ3n) is 4.35. The van der Waals surface area contributed by atoms with Crippen LogP contribution in [0.5, 0.6) is 0 Å². The number of nitrogens with zero attached hydrogens (tertiary/aromatic N) is 1. The van der Waals surface area contributed by atoms with Gasteiger partial charge in [0.2, 0.25) is 0 Å². The summed E-state index contributed by atoms with van der Waals surface area (Å²) >= 11 is 6.19. The summed E-state index contributed by atoms with van der Waals surface area (Å²) in [6, 6.07) is 5.96. The fraction of sp³-hybridized carbons (Fsp3) is 0.625. The van der Waals surface area contributed by atoms with Crippen LogP contribution in [0.3, 0.4) is 0 Å². The Morgan fingerprint density at radius 2 is 2.10 bits per heavy atom. The van der Waals surface area contributed by atoms with Crippen molar-refractivity contribution < 1.29 is 4.39 Å². The molecule has 0 amide bonds. The van der Waals surface area contributed by atoms with Crippen molar-refractivity contribution in [1.29, 1.82) is 0 Å². The average Bonchev–Trinajstić information content (AvgIpc) is 3.26. The maximum absolute atomic E-state index is 13.4. The summed E-state index contributed by atoms with van der Waals surface area (Å²) in [5.74, 6) is -0.200. The molecule has 1 atom stereocenters. The molecule has 1 saturated carbocycles. The summed E-state index contributed by atoms with van der Waals surface area (Å²) in [6.45, 7) is 2.90. The van der Waals surface area contributed by atoms with Crippen LogP contribution in [0.25, 0.3) is 0 Å². The second-order valence-electron chi connectivity index (χ2n) is 6.04. The van der Waals surface area contributed by atoms with Gasteiger partial charge in [-0.15, -0.1) is 0 Å². The van der Waals surface area contributed by atoms with Crippen molar-refractivity contribution in [1.82, 2.24) is 10.2 Å². The molecule has 1 aromatic rings. The Morgan fingerprint density at radius 3 is 2.90 bits per heavy atom. The number of likely N-dealkylation sites (tertiary alicyclic amines) is 1. The third kappa shape index (κ3) is 3.72. The molecule has 1 aliphatic heterocycles. The highest BCUT2D eigenvalue weighted by molar-refractivity contribution is 6.31. The molecule has 0 radical (unpaired) electrons. The van der Waals surface area contributed by atoms with Crippen LogP contribution in [-0.4, -0.2) is 30.1 Å². The molecule has 110 valence electrons. The molecule has 0 spiro atoms. The SMILES string of the molecule is Fc1ccc(Cl)c(CN2CCCCC2CNC2CC2)c1. The van der Waals surface area contributed by atoms with Gasteiger partial charge in [-0.3, -0.25) is 4.90 Å². The molecule has 0 bridgehead atoms. The van der Waals surface area contributed by atoms with Gasteiger partial charge in [0, 0.05) is 30.2 Å². The molecule has 0 aromatic heterocycles. The minimum absolute atomic E-state index is 0.200. The third-order valence-corrected chi connectivity index (χ3v) is 4.72. The lowest BCUT2D eigenvalue weighted by atomic mass is 10.0. The summed E-state index contributed by atoms with van der Waals surface area (Å²) in [6.07, 6.45) is 6.40. The van der Waals surface area contributed by atoms with Crippen LogP contribution in [-0.2, 0) is 6.54 Å². The van der Waals surface area contributed by atoms with Crippen LogP contribution in [0.2, 0.25) is 5.02 Å². The minimum atomic E-state index is -0.200. The van der Waals surface area contributed by atoms with E-state index < -0.39 is 0 Å². The van der Waals surface area contributed by atoms with Gasteiger partial charge in [0.25, 0.3) is 0 Å². The van der Waals surface area contributed by atoms with Gasteiger partial charge in [0.15, 0.2) is 0 Å². The monoisotopic (exact) mass is 296 g/mol. The van der Waals surface area contributed by atoms with Crippen molar-refractivity contribution in [3.05, 3.63) is 34.6 Å². The first-order valence-corrected chi connectivity index (χ1v) is 8.01. The van der Waals surface area contributed by atoms with Crippen LogP contribution in [0.1, 0.15) is 37.7 Å². The van der Waals surface area contributed by atoms with Gasteiger partial charge >= 0.3 is 0 Å². The van der Waals surface area contributed by atoms with Crippen LogP contribution in [0, 0.1) is 5.82 Å². The van der Waals surface area contributed by atoms with E-state index >= 15 is 0 Å². The van der Waals surface area contributed by atoms with Gasteiger partial charge in [-0.1, -0.05) is 18.0 Å². The number of nitrogens with one attached hydrogen (secondary N) is 1. The zero-order chi connectivity index (χ0) is 13.9. The lowest BCUT2D eigenvalue weighted by Crippen LogP contribution is -2.45. The molecule has 2 nitrogen and oxygen atoms in total. The van der Waals surface area contributed by atoms with Crippen molar-refractivity contribution in [2.45, 2.75) is 50.7 Å². The van der Waals surface area contributed by atoms with Crippen molar-refractivity contribution in [3.8, 4) is 0 Å². The average molecular weight is 297 g/mol. The topological polar surface area (TPSA) is 15.3 Å². The molecule has 1 aliphatic carbocycles. The van der Waals surface area contributed by atoms with Crippen LogP contribution < -0.4 is 5.32 Å².